The molecular formula is C15H24N4O. The van der Waals surface area contributed by atoms with Gasteiger partial charge in [-0.25, -0.2) is 0 Å². The summed E-state index contributed by atoms with van der Waals surface area (Å²) in [5.41, 5.74) is 12.9. The molecule has 1 aromatic rings. The molecule has 0 atom stereocenters. The third-order valence-corrected chi connectivity index (χ3v) is 4.11. The number of nitrogens with two attached hydrogens (primary N) is 2. The number of hydrogen-bond acceptors (Lipinski definition) is 4. The van der Waals surface area contributed by atoms with E-state index in [1.165, 1.54) is 25.9 Å². The Bertz CT molecular complexity index is 467. The number of primary amides is 1. The number of hydrogen-bond donors (Lipinski definition) is 3. The number of benzene rings is 1. The molecule has 1 amide bonds. The number of nitrogens with one attached hydrogen (secondary N) is 1. The first kappa shape index (κ1) is 14.7. The second kappa shape index (κ2) is 6.61. The van der Waals surface area contributed by atoms with Gasteiger partial charge >= 0.3 is 0 Å². The molecule has 1 aliphatic rings. The van der Waals surface area contributed by atoms with Gasteiger partial charge in [-0.1, -0.05) is 13.0 Å². The highest BCUT2D eigenvalue weighted by Crippen LogP contribution is 2.24. The van der Waals surface area contributed by atoms with Gasteiger partial charge in [0.15, 0.2) is 0 Å². The van der Waals surface area contributed by atoms with Gasteiger partial charge in [0.1, 0.15) is 0 Å². The van der Waals surface area contributed by atoms with Crippen LogP contribution < -0.4 is 16.8 Å². The van der Waals surface area contributed by atoms with E-state index in [4.69, 9.17) is 11.5 Å². The van der Waals surface area contributed by atoms with Crippen molar-refractivity contribution in [2.24, 2.45) is 11.7 Å². The van der Waals surface area contributed by atoms with Gasteiger partial charge in [-0.2, -0.15) is 0 Å². The maximum absolute atomic E-state index is 11.3. The molecule has 5 N–H and O–H groups in total. The molecule has 5 heteroatoms. The predicted octanol–water partition coefficient (Wildman–Crippen LogP) is 1.51. The Morgan fingerprint density at radius 1 is 1.40 bits per heavy atom. The SMILES string of the molecule is CCN1CCC(CNc2cccc(C(N)=O)c2N)CC1. The quantitative estimate of drug-likeness (QED) is 0.712. The molecule has 0 spiro atoms. The molecule has 1 heterocycles. The van der Waals surface area contributed by atoms with Crippen LogP contribution in [0.15, 0.2) is 18.2 Å². The van der Waals surface area contributed by atoms with Crippen LogP contribution in [0.2, 0.25) is 0 Å². The number of carbonyl (C=O) groups excluding carboxylic acids is 1. The van der Waals surface area contributed by atoms with E-state index in [0.29, 0.717) is 17.2 Å². The summed E-state index contributed by atoms with van der Waals surface area (Å²) in [6.07, 6.45) is 2.41. The fourth-order valence-corrected chi connectivity index (χ4v) is 2.70. The van der Waals surface area contributed by atoms with Crippen molar-refractivity contribution in [3.63, 3.8) is 0 Å². The van der Waals surface area contributed by atoms with E-state index in [0.717, 1.165) is 18.8 Å². The van der Waals surface area contributed by atoms with Crippen molar-refractivity contribution in [2.75, 3.05) is 37.2 Å². The summed E-state index contributed by atoms with van der Waals surface area (Å²) < 4.78 is 0. The van der Waals surface area contributed by atoms with E-state index < -0.39 is 5.91 Å². The second-order valence-electron chi connectivity index (χ2n) is 5.39. The van der Waals surface area contributed by atoms with E-state index in [2.05, 4.69) is 17.1 Å². The van der Waals surface area contributed by atoms with Crippen LogP contribution in [0.25, 0.3) is 0 Å². The molecule has 1 saturated heterocycles. The molecule has 5 nitrogen and oxygen atoms in total. The largest absolute Gasteiger partial charge is 0.396 e. The van der Waals surface area contributed by atoms with E-state index in [1.54, 1.807) is 12.1 Å². The molecule has 1 aromatic carbocycles. The lowest BCUT2D eigenvalue weighted by Gasteiger charge is -2.31. The van der Waals surface area contributed by atoms with E-state index in [1.807, 2.05) is 6.07 Å². The topological polar surface area (TPSA) is 84.4 Å². The number of anilines is 2. The number of rotatable bonds is 5. The van der Waals surface area contributed by atoms with Crippen LogP contribution in [0, 0.1) is 5.92 Å². The summed E-state index contributed by atoms with van der Waals surface area (Å²) in [7, 11) is 0. The first-order valence-corrected chi connectivity index (χ1v) is 7.26. The molecule has 1 aliphatic heterocycles. The summed E-state index contributed by atoms with van der Waals surface area (Å²) in [5.74, 6) is 0.178. The fourth-order valence-electron chi connectivity index (χ4n) is 2.70. The highest BCUT2D eigenvalue weighted by Gasteiger charge is 2.18. The lowest BCUT2D eigenvalue weighted by molar-refractivity contribution is 0.100. The standard InChI is InChI=1S/C15H24N4O/c1-2-19-8-6-11(7-9-19)10-18-13-5-3-4-12(14(13)16)15(17)20/h3-5,11,18H,2,6-10,16H2,1H3,(H2,17,20). The maximum atomic E-state index is 11.3. The van der Waals surface area contributed by atoms with Crippen LogP contribution in [0.5, 0.6) is 0 Å². The number of nitrogens with zero attached hydrogens (tertiary/aromatic N) is 1. The first-order chi connectivity index (χ1) is 9.61. The Morgan fingerprint density at radius 3 is 2.70 bits per heavy atom. The highest BCUT2D eigenvalue weighted by molar-refractivity contribution is 6.00. The average molecular weight is 276 g/mol. The van der Waals surface area contributed by atoms with Gasteiger partial charge in [-0.3, -0.25) is 4.79 Å². The van der Waals surface area contributed by atoms with Crippen molar-refractivity contribution in [1.29, 1.82) is 0 Å². The Morgan fingerprint density at radius 2 is 2.10 bits per heavy atom. The lowest BCUT2D eigenvalue weighted by Crippen LogP contribution is -2.35. The van der Waals surface area contributed by atoms with Crippen LogP contribution in [0.3, 0.4) is 0 Å². The predicted molar refractivity (Wildman–Crippen MR) is 82.7 cm³/mol. The molecule has 0 bridgehead atoms. The van der Waals surface area contributed by atoms with Crippen LogP contribution in [-0.2, 0) is 0 Å². The van der Waals surface area contributed by atoms with Gasteiger partial charge in [0, 0.05) is 6.54 Å². The molecule has 2 rings (SSSR count). The summed E-state index contributed by atoms with van der Waals surface area (Å²) in [4.78, 5) is 13.7. The number of para-hydroxylation sites is 1. The van der Waals surface area contributed by atoms with Crippen molar-refractivity contribution in [3.05, 3.63) is 23.8 Å². The second-order valence-corrected chi connectivity index (χ2v) is 5.39. The Balaban J connectivity index is 1.92. The fraction of sp³-hybridized carbons (Fsp3) is 0.533. The number of likely N-dealkylation sites (tertiary alicyclic amines) is 1. The molecule has 1 fully saturated rings. The van der Waals surface area contributed by atoms with E-state index in [9.17, 15) is 4.79 Å². The molecule has 0 unspecified atom stereocenters. The van der Waals surface area contributed by atoms with E-state index in [-0.39, 0.29) is 0 Å². The minimum Gasteiger partial charge on any atom is -0.396 e. The number of nitrogen functional groups attached to an aromatic ring is 1. The normalized spacial score (nSPS) is 17.1. The van der Waals surface area contributed by atoms with Crippen LogP contribution in [0.4, 0.5) is 11.4 Å². The summed E-state index contributed by atoms with van der Waals surface area (Å²) in [5, 5.41) is 3.36. The summed E-state index contributed by atoms with van der Waals surface area (Å²) in [6, 6.07) is 5.35. The number of piperidine rings is 1. The minimum atomic E-state index is -0.484. The maximum Gasteiger partial charge on any atom is 0.250 e. The van der Waals surface area contributed by atoms with Crippen molar-refractivity contribution < 1.29 is 4.79 Å². The van der Waals surface area contributed by atoms with Crippen molar-refractivity contribution in [1.82, 2.24) is 4.90 Å². The van der Waals surface area contributed by atoms with Gasteiger partial charge in [0.25, 0.3) is 5.91 Å². The number of amides is 1. The molecule has 20 heavy (non-hydrogen) atoms. The van der Waals surface area contributed by atoms with Crippen molar-refractivity contribution in [2.45, 2.75) is 19.8 Å². The summed E-state index contributed by atoms with van der Waals surface area (Å²) in [6.45, 7) is 6.56. The Hall–Kier alpha value is -1.75. The van der Waals surface area contributed by atoms with Gasteiger partial charge in [0.05, 0.1) is 16.9 Å². The van der Waals surface area contributed by atoms with Crippen LogP contribution >= 0.6 is 0 Å². The minimum absolute atomic E-state index is 0.385. The zero-order valence-corrected chi connectivity index (χ0v) is 12.1. The van der Waals surface area contributed by atoms with Gasteiger partial charge in [0.2, 0.25) is 0 Å². The Labute approximate surface area is 120 Å². The smallest absolute Gasteiger partial charge is 0.250 e. The van der Waals surface area contributed by atoms with Crippen molar-refractivity contribution in [3.8, 4) is 0 Å². The zero-order chi connectivity index (χ0) is 14.5. The van der Waals surface area contributed by atoms with Crippen LogP contribution in [0.1, 0.15) is 30.1 Å². The molecule has 0 aromatic heterocycles. The Kier molecular flexibility index (Phi) is 4.84. The monoisotopic (exact) mass is 276 g/mol. The molecule has 0 aliphatic carbocycles. The van der Waals surface area contributed by atoms with Gasteiger partial charge in [-0.15, -0.1) is 0 Å². The molecule has 0 saturated carbocycles. The summed E-state index contributed by atoms with van der Waals surface area (Å²) >= 11 is 0. The molecular weight excluding hydrogens is 252 g/mol. The van der Waals surface area contributed by atoms with Crippen molar-refractivity contribution >= 4 is 17.3 Å². The lowest BCUT2D eigenvalue weighted by atomic mass is 9.96. The third kappa shape index (κ3) is 3.42. The van der Waals surface area contributed by atoms with Crippen LogP contribution in [-0.4, -0.2) is 37.0 Å². The van der Waals surface area contributed by atoms with E-state index >= 15 is 0 Å². The third-order valence-electron chi connectivity index (χ3n) is 4.11. The average Bonchev–Trinajstić information content (AvgIpc) is 2.46. The highest BCUT2D eigenvalue weighted by atomic mass is 16.1. The number of carbonyl (C=O) groups is 1. The zero-order valence-electron chi connectivity index (χ0n) is 12.1. The van der Waals surface area contributed by atoms with Gasteiger partial charge < -0.3 is 21.7 Å². The molecule has 110 valence electrons. The first-order valence-electron chi connectivity index (χ1n) is 7.26. The van der Waals surface area contributed by atoms with Gasteiger partial charge in [-0.05, 0) is 50.5 Å². The molecule has 0 radical (unpaired) electrons.